The summed E-state index contributed by atoms with van der Waals surface area (Å²) < 4.78 is 0. The van der Waals surface area contributed by atoms with Crippen molar-refractivity contribution in [3.63, 3.8) is 0 Å². The Labute approximate surface area is 112 Å². The summed E-state index contributed by atoms with van der Waals surface area (Å²) in [4.78, 5) is 4.40. The molecule has 0 heterocycles. The normalized spacial score (nSPS) is 11.6. The van der Waals surface area contributed by atoms with Gasteiger partial charge in [0.1, 0.15) is 5.84 Å². The van der Waals surface area contributed by atoms with Crippen LogP contribution in [0.1, 0.15) is 16.7 Å². The summed E-state index contributed by atoms with van der Waals surface area (Å²) >= 11 is 6.22. The number of benzene rings is 2. The van der Waals surface area contributed by atoms with E-state index in [2.05, 4.69) is 4.99 Å². The Morgan fingerprint density at radius 3 is 2.56 bits per heavy atom. The number of rotatable bonds is 2. The van der Waals surface area contributed by atoms with Crippen LogP contribution in [0.15, 0.2) is 47.5 Å². The number of nitrogens with zero attached hydrogens (tertiary/aromatic N) is 1. The second-order valence-electron chi connectivity index (χ2n) is 4.27. The van der Waals surface area contributed by atoms with Crippen molar-refractivity contribution in [1.29, 1.82) is 0 Å². The first-order valence-corrected chi connectivity index (χ1v) is 6.12. The van der Waals surface area contributed by atoms with Crippen LogP contribution in [0.4, 0.5) is 5.69 Å². The molecule has 92 valence electrons. The molecule has 0 aliphatic heterocycles. The molecule has 2 nitrogen and oxygen atoms in total. The number of amidine groups is 1. The molecule has 18 heavy (non-hydrogen) atoms. The quantitative estimate of drug-likeness (QED) is 0.642. The van der Waals surface area contributed by atoms with Crippen LogP contribution in [-0.2, 0) is 0 Å². The number of aliphatic imine (C=N–C) groups is 1. The molecule has 2 N–H and O–H groups in total. The van der Waals surface area contributed by atoms with Crippen molar-refractivity contribution in [3.8, 4) is 0 Å². The Kier molecular flexibility index (Phi) is 3.68. The second-order valence-corrected chi connectivity index (χ2v) is 4.65. The Morgan fingerprint density at radius 1 is 1.11 bits per heavy atom. The average molecular weight is 259 g/mol. The zero-order chi connectivity index (χ0) is 13.1. The Bertz CT molecular complexity index is 603. The minimum Gasteiger partial charge on any atom is -0.383 e. The van der Waals surface area contributed by atoms with Crippen molar-refractivity contribution in [2.24, 2.45) is 10.7 Å². The summed E-state index contributed by atoms with van der Waals surface area (Å²) in [5, 5.41) is 0.659. The van der Waals surface area contributed by atoms with Gasteiger partial charge in [-0.1, -0.05) is 35.9 Å². The van der Waals surface area contributed by atoms with E-state index in [0.29, 0.717) is 10.9 Å². The molecule has 0 saturated carbocycles. The van der Waals surface area contributed by atoms with Gasteiger partial charge in [-0.25, -0.2) is 4.99 Å². The third kappa shape index (κ3) is 2.71. The molecule has 0 unspecified atom stereocenters. The number of aryl methyl sites for hydroxylation is 2. The summed E-state index contributed by atoms with van der Waals surface area (Å²) in [6.07, 6.45) is 0. The molecule has 0 spiro atoms. The molecule has 0 atom stereocenters. The van der Waals surface area contributed by atoms with Gasteiger partial charge in [0.25, 0.3) is 0 Å². The Morgan fingerprint density at radius 2 is 1.83 bits per heavy atom. The van der Waals surface area contributed by atoms with Gasteiger partial charge in [0.2, 0.25) is 0 Å². The number of hydrogen-bond acceptors (Lipinski definition) is 1. The third-order valence-electron chi connectivity index (χ3n) is 2.72. The number of nitrogens with two attached hydrogens (primary N) is 1. The fraction of sp³-hybridized carbons (Fsp3) is 0.133. The third-order valence-corrected chi connectivity index (χ3v) is 3.22. The molecule has 0 radical (unpaired) electrons. The van der Waals surface area contributed by atoms with Gasteiger partial charge < -0.3 is 5.73 Å². The lowest BCUT2D eigenvalue weighted by molar-refractivity contribution is 1.39. The van der Waals surface area contributed by atoms with Gasteiger partial charge in [-0.3, -0.25) is 0 Å². The standard InChI is InChI=1S/C15H15ClN2/c1-10-5-3-7-12(9-10)18-15(17)13-8-4-6-11(2)14(13)16/h3-9H,1-2H3,(H2,17,18). The smallest absolute Gasteiger partial charge is 0.132 e. The van der Waals surface area contributed by atoms with Crippen LogP contribution in [0.25, 0.3) is 0 Å². The van der Waals surface area contributed by atoms with Gasteiger partial charge in [0, 0.05) is 5.56 Å². The lowest BCUT2D eigenvalue weighted by Gasteiger charge is -2.06. The maximum Gasteiger partial charge on any atom is 0.132 e. The van der Waals surface area contributed by atoms with Crippen molar-refractivity contribution in [1.82, 2.24) is 0 Å². The largest absolute Gasteiger partial charge is 0.383 e. The van der Waals surface area contributed by atoms with Gasteiger partial charge in [-0.2, -0.15) is 0 Å². The predicted molar refractivity (Wildman–Crippen MR) is 77.8 cm³/mol. The Hall–Kier alpha value is -1.80. The maximum absolute atomic E-state index is 6.22. The fourth-order valence-electron chi connectivity index (χ4n) is 1.74. The molecule has 0 aromatic heterocycles. The van der Waals surface area contributed by atoms with Gasteiger partial charge in [-0.15, -0.1) is 0 Å². The summed E-state index contributed by atoms with van der Waals surface area (Å²) in [5.41, 5.74) is 9.78. The molecule has 3 heteroatoms. The highest BCUT2D eigenvalue weighted by Gasteiger charge is 2.06. The van der Waals surface area contributed by atoms with E-state index in [4.69, 9.17) is 17.3 Å². The van der Waals surface area contributed by atoms with E-state index in [-0.39, 0.29) is 0 Å². The predicted octanol–water partition coefficient (Wildman–Crippen LogP) is 3.99. The molecule has 0 saturated heterocycles. The first-order valence-electron chi connectivity index (χ1n) is 5.74. The van der Waals surface area contributed by atoms with E-state index in [0.717, 1.165) is 22.4 Å². The van der Waals surface area contributed by atoms with Gasteiger partial charge >= 0.3 is 0 Å². The second kappa shape index (κ2) is 5.23. The van der Waals surface area contributed by atoms with E-state index < -0.39 is 0 Å². The fourth-order valence-corrected chi connectivity index (χ4v) is 1.96. The highest BCUT2D eigenvalue weighted by Crippen LogP contribution is 2.21. The van der Waals surface area contributed by atoms with Crippen LogP contribution in [0, 0.1) is 13.8 Å². The zero-order valence-electron chi connectivity index (χ0n) is 10.4. The molecule has 0 aliphatic carbocycles. The number of hydrogen-bond donors (Lipinski definition) is 1. The molecule has 0 amide bonds. The molecule has 0 aliphatic rings. The molecular weight excluding hydrogens is 244 g/mol. The van der Waals surface area contributed by atoms with Gasteiger partial charge in [0.05, 0.1) is 10.7 Å². The molecule has 0 fully saturated rings. The average Bonchev–Trinajstić information content (AvgIpc) is 2.32. The summed E-state index contributed by atoms with van der Waals surface area (Å²) in [7, 11) is 0. The van der Waals surface area contributed by atoms with Crippen LogP contribution in [0.2, 0.25) is 5.02 Å². The first-order chi connectivity index (χ1) is 8.58. The van der Waals surface area contributed by atoms with Crippen LogP contribution in [0.3, 0.4) is 0 Å². The SMILES string of the molecule is Cc1cccc(N=C(N)c2cccc(C)c2Cl)c1. The minimum atomic E-state index is 0.439. The van der Waals surface area contributed by atoms with Crippen molar-refractivity contribution in [3.05, 3.63) is 64.2 Å². The van der Waals surface area contributed by atoms with Gasteiger partial charge in [0.15, 0.2) is 0 Å². The van der Waals surface area contributed by atoms with Crippen molar-refractivity contribution in [2.75, 3.05) is 0 Å². The summed E-state index contributed by atoms with van der Waals surface area (Å²) in [6, 6.07) is 13.6. The van der Waals surface area contributed by atoms with Crippen LogP contribution in [-0.4, -0.2) is 5.84 Å². The van der Waals surface area contributed by atoms with Gasteiger partial charge in [-0.05, 0) is 43.2 Å². The van der Waals surface area contributed by atoms with Crippen LogP contribution >= 0.6 is 11.6 Å². The summed E-state index contributed by atoms with van der Waals surface area (Å²) in [6.45, 7) is 3.97. The molecular formula is C15H15ClN2. The van der Waals surface area contributed by atoms with E-state index in [1.54, 1.807) is 0 Å². The molecule has 2 aromatic rings. The lowest BCUT2D eigenvalue weighted by Crippen LogP contribution is -2.13. The van der Waals surface area contributed by atoms with Crippen molar-refractivity contribution >= 4 is 23.1 Å². The van der Waals surface area contributed by atoms with E-state index >= 15 is 0 Å². The first kappa shape index (κ1) is 12.7. The van der Waals surface area contributed by atoms with E-state index in [1.165, 1.54) is 0 Å². The number of halogens is 1. The van der Waals surface area contributed by atoms with Crippen LogP contribution < -0.4 is 5.73 Å². The maximum atomic E-state index is 6.22. The molecule has 2 rings (SSSR count). The molecule has 2 aromatic carbocycles. The van der Waals surface area contributed by atoms with E-state index in [1.807, 2.05) is 56.3 Å². The van der Waals surface area contributed by atoms with Crippen molar-refractivity contribution < 1.29 is 0 Å². The highest BCUT2D eigenvalue weighted by atomic mass is 35.5. The topological polar surface area (TPSA) is 38.4 Å². The van der Waals surface area contributed by atoms with Crippen molar-refractivity contribution in [2.45, 2.75) is 13.8 Å². The highest BCUT2D eigenvalue weighted by molar-refractivity contribution is 6.34. The summed E-state index contributed by atoms with van der Waals surface area (Å²) in [5.74, 6) is 0.439. The lowest BCUT2D eigenvalue weighted by atomic mass is 10.1. The van der Waals surface area contributed by atoms with Crippen LogP contribution in [0.5, 0.6) is 0 Å². The zero-order valence-corrected chi connectivity index (χ0v) is 11.2. The molecule has 0 bridgehead atoms. The monoisotopic (exact) mass is 258 g/mol. The van der Waals surface area contributed by atoms with E-state index in [9.17, 15) is 0 Å². The Balaban J connectivity index is 2.42. The minimum absolute atomic E-state index is 0.439.